The molecular weight excluding hydrogens is 332 g/mol. The number of hydrogen-bond donors (Lipinski definition) is 1. The molecule has 21 heavy (non-hydrogen) atoms. The smallest absolute Gasteiger partial charge is 0.225 e. The lowest BCUT2D eigenvalue weighted by molar-refractivity contribution is -0.133. The van der Waals surface area contributed by atoms with E-state index in [0.717, 1.165) is 36.2 Å². The van der Waals surface area contributed by atoms with Crippen molar-refractivity contribution in [1.29, 1.82) is 0 Å². The quantitative estimate of drug-likeness (QED) is 0.884. The molecule has 1 unspecified atom stereocenters. The van der Waals surface area contributed by atoms with Gasteiger partial charge in [-0.25, -0.2) is 0 Å². The molecule has 1 aromatic carbocycles. The van der Waals surface area contributed by atoms with Gasteiger partial charge in [-0.1, -0.05) is 22.0 Å². The van der Waals surface area contributed by atoms with E-state index in [1.807, 2.05) is 36.1 Å². The molecule has 1 fully saturated rings. The van der Waals surface area contributed by atoms with Gasteiger partial charge >= 0.3 is 0 Å². The summed E-state index contributed by atoms with van der Waals surface area (Å²) in [5.41, 5.74) is 5.92. The number of hydrogen-bond acceptors (Lipinski definition) is 3. The minimum Gasteiger partial charge on any atom is -0.493 e. The average Bonchev–Trinajstić information content (AvgIpc) is 2.47. The van der Waals surface area contributed by atoms with Crippen LogP contribution in [0.5, 0.6) is 5.75 Å². The zero-order valence-electron chi connectivity index (χ0n) is 12.4. The molecule has 1 heterocycles. The molecule has 1 amide bonds. The number of nitrogens with zero attached hydrogens (tertiary/aromatic N) is 1. The van der Waals surface area contributed by atoms with E-state index in [1.54, 1.807) is 0 Å². The van der Waals surface area contributed by atoms with Crippen LogP contribution < -0.4 is 10.5 Å². The van der Waals surface area contributed by atoms with Crippen LogP contribution in [0.3, 0.4) is 0 Å². The molecule has 1 aliphatic heterocycles. The highest BCUT2D eigenvalue weighted by Crippen LogP contribution is 2.20. The topological polar surface area (TPSA) is 55.6 Å². The third-order valence-electron chi connectivity index (χ3n) is 4.02. The first-order chi connectivity index (χ1) is 10.1. The molecule has 0 radical (unpaired) electrons. The number of piperidine rings is 1. The molecule has 0 aromatic heterocycles. The standard InChI is InChI=1S/C16H23BrN2O2/c1-12(18)13-5-8-19(9-6-13)16(20)7-10-21-15-4-2-3-14(17)11-15/h2-4,11-13H,5-10,18H2,1H3. The van der Waals surface area contributed by atoms with Crippen LogP contribution in [-0.4, -0.2) is 36.5 Å². The maximum absolute atomic E-state index is 12.1. The molecule has 0 bridgehead atoms. The maximum atomic E-state index is 12.1. The first-order valence-electron chi connectivity index (χ1n) is 7.48. The van der Waals surface area contributed by atoms with Crippen LogP contribution in [0.25, 0.3) is 0 Å². The maximum Gasteiger partial charge on any atom is 0.225 e. The van der Waals surface area contributed by atoms with Crippen LogP contribution >= 0.6 is 15.9 Å². The summed E-state index contributed by atoms with van der Waals surface area (Å²) in [6.07, 6.45) is 2.45. The van der Waals surface area contributed by atoms with Crippen molar-refractivity contribution in [1.82, 2.24) is 4.90 Å². The molecule has 0 spiro atoms. The fraction of sp³-hybridized carbons (Fsp3) is 0.562. The number of likely N-dealkylation sites (tertiary alicyclic amines) is 1. The molecule has 2 rings (SSSR count). The molecule has 116 valence electrons. The van der Waals surface area contributed by atoms with E-state index in [1.165, 1.54) is 0 Å². The van der Waals surface area contributed by atoms with E-state index in [2.05, 4.69) is 15.9 Å². The van der Waals surface area contributed by atoms with Crippen molar-refractivity contribution < 1.29 is 9.53 Å². The molecule has 4 nitrogen and oxygen atoms in total. The Balaban J connectivity index is 1.71. The Bertz CT molecular complexity index is 471. The summed E-state index contributed by atoms with van der Waals surface area (Å²) in [7, 11) is 0. The third kappa shape index (κ3) is 5.00. The summed E-state index contributed by atoms with van der Waals surface area (Å²) < 4.78 is 6.59. The average molecular weight is 355 g/mol. The van der Waals surface area contributed by atoms with Gasteiger partial charge in [0.05, 0.1) is 13.0 Å². The van der Waals surface area contributed by atoms with E-state index in [9.17, 15) is 4.79 Å². The fourth-order valence-corrected chi connectivity index (χ4v) is 3.02. The largest absolute Gasteiger partial charge is 0.493 e. The van der Waals surface area contributed by atoms with Gasteiger partial charge < -0.3 is 15.4 Å². The number of carbonyl (C=O) groups excluding carboxylic acids is 1. The van der Waals surface area contributed by atoms with Crippen molar-refractivity contribution in [2.45, 2.75) is 32.2 Å². The monoisotopic (exact) mass is 354 g/mol. The summed E-state index contributed by atoms with van der Waals surface area (Å²) in [4.78, 5) is 14.1. The van der Waals surface area contributed by atoms with E-state index in [4.69, 9.17) is 10.5 Å². The summed E-state index contributed by atoms with van der Waals surface area (Å²) in [6, 6.07) is 7.88. The number of benzene rings is 1. The van der Waals surface area contributed by atoms with Crippen LogP contribution in [0.4, 0.5) is 0 Å². The molecule has 1 saturated heterocycles. The zero-order valence-corrected chi connectivity index (χ0v) is 14.0. The highest BCUT2D eigenvalue weighted by Gasteiger charge is 2.24. The molecule has 2 N–H and O–H groups in total. The van der Waals surface area contributed by atoms with Gasteiger partial charge in [-0.15, -0.1) is 0 Å². The minimum absolute atomic E-state index is 0.174. The molecule has 5 heteroatoms. The highest BCUT2D eigenvalue weighted by molar-refractivity contribution is 9.10. The van der Waals surface area contributed by atoms with Gasteiger partial charge in [-0.2, -0.15) is 0 Å². The van der Waals surface area contributed by atoms with E-state index < -0.39 is 0 Å². The molecule has 1 aromatic rings. The van der Waals surface area contributed by atoms with E-state index >= 15 is 0 Å². The van der Waals surface area contributed by atoms with E-state index in [-0.39, 0.29) is 11.9 Å². The number of halogens is 1. The third-order valence-corrected chi connectivity index (χ3v) is 4.51. The number of rotatable bonds is 5. The Labute approximate surface area is 134 Å². The van der Waals surface area contributed by atoms with Crippen LogP contribution in [-0.2, 0) is 4.79 Å². The first-order valence-corrected chi connectivity index (χ1v) is 8.27. The summed E-state index contributed by atoms with van der Waals surface area (Å²) >= 11 is 3.40. The lowest BCUT2D eigenvalue weighted by atomic mass is 9.91. The van der Waals surface area contributed by atoms with Crippen molar-refractivity contribution in [3.63, 3.8) is 0 Å². The number of ether oxygens (including phenoxy) is 1. The predicted octanol–water partition coefficient (Wildman–Crippen LogP) is 2.80. The first kappa shape index (κ1) is 16.3. The van der Waals surface area contributed by atoms with E-state index in [0.29, 0.717) is 18.9 Å². The SMILES string of the molecule is CC(N)C1CCN(C(=O)CCOc2cccc(Br)c2)CC1. The number of nitrogens with two attached hydrogens (primary N) is 1. The zero-order chi connectivity index (χ0) is 15.2. The summed E-state index contributed by atoms with van der Waals surface area (Å²) in [5.74, 6) is 1.51. The van der Waals surface area contributed by atoms with Crippen LogP contribution in [0, 0.1) is 5.92 Å². The Kier molecular flexibility index (Phi) is 6.06. The minimum atomic E-state index is 0.174. The lowest BCUT2D eigenvalue weighted by Crippen LogP contribution is -2.42. The Morgan fingerprint density at radius 2 is 2.19 bits per heavy atom. The number of amides is 1. The second-order valence-electron chi connectivity index (χ2n) is 5.63. The Hall–Kier alpha value is -1.07. The highest BCUT2D eigenvalue weighted by atomic mass is 79.9. The fourth-order valence-electron chi connectivity index (χ4n) is 2.65. The number of carbonyl (C=O) groups is 1. The lowest BCUT2D eigenvalue weighted by Gasteiger charge is -2.33. The van der Waals surface area contributed by atoms with Crippen LogP contribution in [0.1, 0.15) is 26.2 Å². The van der Waals surface area contributed by atoms with Gasteiger partial charge in [0.15, 0.2) is 0 Å². The van der Waals surface area contributed by atoms with Crippen molar-refractivity contribution in [3.8, 4) is 5.75 Å². The van der Waals surface area contributed by atoms with Crippen molar-refractivity contribution in [3.05, 3.63) is 28.7 Å². The van der Waals surface area contributed by atoms with Gasteiger partial charge in [0, 0.05) is 23.6 Å². The molecule has 1 atom stereocenters. The van der Waals surface area contributed by atoms with Gasteiger partial charge in [-0.3, -0.25) is 4.79 Å². The van der Waals surface area contributed by atoms with Gasteiger partial charge in [0.1, 0.15) is 5.75 Å². The summed E-state index contributed by atoms with van der Waals surface area (Å²) in [6.45, 7) is 4.11. The Morgan fingerprint density at radius 1 is 1.48 bits per heavy atom. The van der Waals surface area contributed by atoms with Gasteiger partial charge in [0.25, 0.3) is 0 Å². The Morgan fingerprint density at radius 3 is 2.81 bits per heavy atom. The second-order valence-corrected chi connectivity index (χ2v) is 6.55. The van der Waals surface area contributed by atoms with Crippen molar-refractivity contribution in [2.24, 2.45) is 11.7 Å². The predicted molar refractivity (Wildman–Crippen MR) is 87.2 cm³/mol. The van der Waals surface area contributed by atoms with Gasteiger partial charge in [0.2, 0.25) is 5.91 Å². The second kappa shape index (κ2) is 7.80. The summed E-state index contributed by atoms with van der Waals surface area (Å²) in [5, 5.41) is 0. The molecule has 0 saturated carbocycles. The van der Waals surface area contributed by atoms with Crippen LogP contribution in [0.2, 0.25) is 0 Å². The normalized spacial score (nSPS) is 17.6. The van der Waals surface area contributed by atoms with Crippen molar-refractivity contribution >= 4 is 21.8 Å². The van der Waals surface area contributed by atoms with Crippen LogP contribution in [0.15, 0.2) is 28.7 Å². The molecule has 1 aliphatic rings. The molecule has 0 aliphatic carbocycles. The molecular formula is C16H23BrN2O2. The van der Waals surface area contributed by atoms with Crippen molar-refractivity contribution in [2.75, 3.05) is 19.7 Å². The van der Waals surface area contributed by atoms with Gasteiger partial charge in [-0.05, 0) is 43.9 Å².